The second kappa shape index (κ2) is 6.43. The second-order valence-corrected chi connectivity index (χ2v) is 3.81. The molecule has 14 heavy (non-hydrogen) atoms. The molecule has 0 fully saturated rings. The van der Waals surface area contributed by atoms with Crippen molar-refractivity contribution in [2.75, 3.05) is 0 Å². The van der Waals surface area contributed by atoms with Gasteiger partial charge in [-0.3, -0.25) is 4.79 Å². The molecule has 76 valence electrons. The summed E-state index contributed by atoms with van der Waals surface area (Å²) in [6.45, 7) is 0. The molecule has 0 bridgehead atoms. The van der Waals surface area contributed by atoms with Gasteiger partial charge in [0, 0.05) is 12.8 Å². The Bertz CT molecular complexity index is 255. The first kappa shape index (κ1) is 11.0. The summed E-state index contributed by atoms with van der Waals surface area (Å²) in [6, 6.07) is 0. The topological polar surface area (TPSA) is 17.1 Å². The summed E-state index contributed by atoms with van der Waals surface area (Å²) in [5, 5.41) is 0. The number of hydrogen-bond acceptors (Lipinski definition) is 1. The molecule has 1 rings (SSSR count). The van der Waals surface area contributed by atoms with Crippen LogP contribution in [0.2, 0.25) is 0 Å². The average molecular weight is 190 g/mol. The van der Waals surface area contributed by atoms with Crippen molar-refractivity contribution in [3.05, 3.63) is 11.6 Å². The minimum Gasteiger partial charge on any atom is -0.295 e. The number of rotatable bonds is 4. The molecule has 0 amide bonds. The van der Waals surface area contributed by atoms with Crippen LogP contribution in [0.15, 0.2) is 11.6 Å². The Kier molecular flexibility index (Phi) is 5.07. The van der Waals surface area contributed by atoms with Crippen LogP contribution in [-0.4, -0.2) is 5.78 Å². The summed E-state index contributed by atoms with van der Waals surface area (Å²) in [6.07, 6.45) is 15.2. The normalized spacial score (nSPS) is 16.6. The van der Waals surface area contributed by atoms with E-state index >= 15 is 0 Å². The number of allylic oxidation sites excluding steroid dienone is 2. The molecule has 0 unspecified atom stereocenters. The molecule has 0 aliphatic heterocycles. The maximum absolute atomic E-state index is 11.7. The quantitative estimate of drug-likeness (QED) is 0.491. The van der Waals surface area contributed by atoms with Crippen molar-refractivity contribution < 1.29 is 4.79 Å². The number of carbonyl (C=O) groups is 1. The molecule has 0 aromatic heterocycles. The van der Waals surface area contributed by atoms with Gasteiger partial charge in [-0.2, -0.15) is 0 Å². The monoisotopic (exact) mass is 190 g/mol. The maximum atomic E-state index is 11.7. The highest BCUT2D eigenvalue weighted by Gasteiger charge is 2.10. The maximum Gasteiger partial charge on any atom is 0.158 e. The van der Waals surface area contributed by atoms with E-state index in [2.05, 4.69) is 12.0 Å². The van der Waals surface area contributed by atoms with E-state index in [1.165, 1.54) is 19.3 Å². The van der Waals surface area contributed by atoms with Crippen LogP contribution in [0.3, 0.4) is 0 Å². The second-order valence-electron chi connectivity index (χ2n) is 3.81. The number of Topliss-reactive ketones (excluding diaryl/α,β-unsaturated/α-hetero) is 1. The number of unbranched alkanes of at least 4 members (excludes halogenated alkanes) is 1. The van der Waals surface area contributed by atoms with E-state index in [0.29, 0.717) is 12.2 Å². The third kappa shape index (κ3) is 3.79. The summed E-state index contributed by atoms with van der Waals surface area (Å²) >= 11 is 0. The number of ketones is 1. The Morgan fingerprint density at radius 3 is 3.07 bits per heavy atom. The van der Waals surface area contributed by atoms with Crippen molar-refractivity contribution in [2.24, 2.45) is 0 Å². The van der Waals surface area contributed by atoms with Gasteiger partial charge in [0.15, 0.2) is 5.78 Å². The molecule has 1 aliphatic carbocycles. The molecular formula is C13H18O. The van der Waals surface area contributed by atoms with E-state index in [-0.39, 0.29) is 0 Å². The van der Waals surface area contributed by atoms with Gasteiger partial charge in [0.05, 0.1) is 0 Å². The zero-order valence-corrected chi connectivity index (χ0v) is 8.72. The minimum atomic E-state index is 0.321. The van der Waals surface area contributed by atoms with Gasteiger partial charge in [0.25, 0.3) is 0 Å². The van der Waals surface area contributed by atoms with E-state index in [4.69, 9.17) is 6.42 Å². The van der Waals surface area contributed by atoms with Crippen molar-refractivity contribution in [2.45, 2.75) is 51.4 Å². The van der Waals surface area contributed by atoms with Gasteiger partial charge in [-0.15, -0.1) is 12.3 Å². The van der Waals surface area contributed by atoms with Crippen molar-refractivity contribution in [3.63, 3.8) is 0 Å². The first-order chi connectivity index (χ1) is 6.84. The fourth-order valence-corrected chi connectivity index (χ4v) is 1.78. The van der Waals surface area contributed by atoms with Crippen molar-refractivity contribution >= 4 is 5.78 Å². The summed E-state index contributed by atoms with van der Waals surface area (Å²) in [5.74, 6) is 2.89. The van der Waals surface area contributed by atoms with Crippen LogP contribution in [0.4, 0.5) is 0 Å². The molecule has 0 spiro atoms. The fourth-order valence-electron chi connectivity index (χ4n) is 1.78. The lowest BCUT2D eigenvalue weighted by Gasteiger charge is -2.02. The summed E-state index contributed by atoms with van der Waals surface area (Å²) in [5.41, 5.74) is 1.06. The predicted molar refractivity (Wildman–Crippen MR) is 58.9 cm³/mol. The standard InChI is InChI=1S/C13H18O/c1-2-3-6-11-13(14)12-9-7-4-5-8-10-12/h1,9H,3-8,10-11H2. The molecule has 0 radical (unpaired) electrons. The van der Waals surface area contributed by atoms with Gasteiger partial charge in [0.2, 0.25) is 0 Å². The fraction of sp³-hybridized carbons (Fsp3) is 0.615. The van der Waals surface area contributed by atoms with Gasteiger partial charge in [0.1, 0.15) is 0 Å². The minimum absolute atomic E-state index is 0.321. The summed E-state index contributed by atoms with van der Waals surface area (Å²) in [4.78, 5) is 11.7. The third-order valence-corrected chi connectivity index (χ3v) is 2.62. The number of terminal acetylenes is 1. The number of hydrogen-bond donors (Lipinski definition) is 0. The van der Waals surface area contributed by atoms with Gasteiger partial charge in [-0.1, -0.05) is 12.5 Å². The van der Waals surface area contributed by atoms with Crippen LogP contribution in [0, 0.1) is 12.3 Å². The molecule has 1 aliphatic rings. The van der Waals surface area contributed by atoms with E-state index in [1.54, 1.807) is 0 Å². The Labute approximate surface area is 86.6 Å². The molecule has 0 N–H and O–H groups in total. The molecule has 0 aromatic carbocycles. The largest absolute Gasteiger partial charge is 0.295 e. The lowest BCUT2D eigenvalue weighted by Crippen LogP contribution is -2.01. The van der Waals surface area contributed by atoms with E-state index < -0.39 is 0 Å². The SMILES string of the molecule is C#CCCCC(=O)C1=CCCCCC1. The molecule has 0 saturated heterocycles. The Balaban J connectivity index is 2.35. The van der Waals surface area contributed by atoms with E-state index in [0.717, 1.165) is 31.3 Å². The van der Waals surface area contributed by atoms with E-state index in [9.17, 15) is 4.79 Å². The predicted octanol–water partition coefficient (Wildman–Crippen LogP) is 3.25. The molecule has 0 saturated carbocycles. The zero-order valence-electron chi connectivity index (χ0n) is 8.72. The molecule has 1 nitrogen and oxygen atoms in total. The van der Waals surface area contributed by atoms with Crippen LogP contribution >= 0.6 is 0 Å². The highest BCUT2D eigenvalue weighted by molar-refractivity contribution is 5.95. The lowest BCUT2D eigenvalue weighted by molar-refractivity contribution is -0.115. The summed E-state index contributed by atoms with van der Waals surface area (Å²) < 4.78 is 0. The third-order valence-electron chi connectivity index (χ3n) is 2.62. The average Bonchev–Trinajstić information content (AvgIpc) is 2.46. The first-order valence-electron chi connectivity index (χ1n) is 5.50. The lowest BCUT2D eigenvalue weighted by atomic mass is 10.0. The van der Waals surface area contributed by atoms with Gasteiger partial charge < -0.3 is 0 Å². The summed E-state index contributed by atoms with van der Waals surface area (Å²) in [7, 11) is 0. The Hall–Kier alpha value is -1.03. The van der Waals surface area contributed by atoms with Crippen molar-refractivity contribution in [1.82, 2.24) is 0 Å². The Morgan fingerprint density at radius 2 is 2.29 bits per heavy atom. The molecule has 0 atom stereocenters. The first-order valence-corrected chi connectivity index (χ1v) is 5.50. The van der Waals surface area contributed by atoms with Crippen LogP contribution < -0.4 is 0 Å². The highest BCUT2D eigenvalue weighted by Crippen LogP contribution is 2.19. The van der Waals surface area contributed by atoms with Crippen LogP contribution in [0.5, 0.6) is 0 Å². The van der Waals surface area contributed by atoms with Crippen LogP contribution in [0.1, 0.15) is 51.4 Å². The number of carbonyl (C=O) groups excluding carboxylic acids is 1. The molecule has 1 heteroatoms. The van der Waals surface area contributed by atoms with Crippen molar-refractivity contribution in [3.8, 4) is 12.3 Å². The van der Waals surface area contributed by atoms with Gasteiger partial charge in [-0.05, 0) is 37.7 Å². The molecule has 0 heterocycles. The van der Waals surface area contributed by atoms with Crippen LogP contribution in [0.25, 0.3) is 0 Å². The van der Waals surface area contributed by atoms with Crippen LogP contribution in [-0.2, 0) is 4.79 Å². The van der Waals surface area contributed by atoms with Gasteiger partial charge in [-0.25, -0.2) is 0 Å². The zero-order chi connectivity index (χ0) is 10.2. The van der Waals surface area contributed by atoms with Gasteiger partial charge >= 0.3 is 0 Å². The highest BCUT2D eigenvalue weighted by atomic mass is 16.1. The van der Waals surface area contributed by atoms with Crippen molar-refractivity contribution in [1.29, 1.82) is 0 Å². The smallest absolute Gasteiger partial charge is 0.158 e. The van der Waals surface area contributed by atoms with E-state index in [1.807, 2.05) is 0 Å². The molecule has 0 aromatic rings. The Morgan fingerprint density at radius 1 is 1.43 bits per heavy atom. The molecular weight excluding hydrogens is 172 g/mol.